The number of nitrogens with zero attached hydrogens (tertiary/aromatic N) is 2. The van der Waals surface area contributed by atoms with Crippen molar-refractivity contribution in [2.45, 2.75) is 29.6 Å². The van der Waals surface area contributed by atoms with Crippen LogP contribution in [-0.2, 0) is 9.53 Å². The Morgan fingerprint density at radius 1 is 1.24 bits per heavy atom. The fourth-order valence-corrected chi connectivity index (χ4v) is 5.16. The molecule has 2 aliphatic rings. The maximum atomic E-state index is 12.5. The Hall–Kier alpha value is -3.46. The van der Waals surface area contributed by atoms with Gasteiger partial charge in [-0.2, -0.15) is 0 Å². The summed E-state index contributed by atoms with van der Waals surface area (Å²) in [5, 5.41) is 7.17. The maximum Gasteiger partial charge on any atom is 0.410 e. The van der Waals surface area contributed by atoms with Gasteiger partial charge >= 0.3 is 6.09 Å². The van der Waals surface area contributed by atoms with Crippen LogP contribution in [-0.4, -0.2) is 53.9 Å². The van der Waals surface area contributed by atoms with Crippen molar-refractivity contribution in [1.29, 1.82) is 0 Å². The molecule has 3 aromatic rings. The molecule has 0 saturated carbocycles. The minimum atomic E-state index is -0.345. The molecule has 1 fully saturated rings. The average Bonchev–Trinajstić information content (AvgIpc) is 3.22. The lowest BCUT2D eigenvalue weighted by Crippen LogP contribution is -2.27. The van der Waals surface area contributed by atoms with E-state index in [0.717, 1.165) is 44.9 Å². The molecule has 1 aromatic heterocycles. The summed E-state index contributed by atoms with van der Waals surface area (Å²) >= 11 is 1.57. The van der Waals surface area contributed by atoms with Gasteiger partial charge < -0.3 is 25.0 Å². The van der Waals surface area contributed by atoms with E-state index in [1.165, 1.54) is 0 Å². The number of amides is 2. The van der Waals surface area contributed by atoms with Gasteiger partial charge in [-0.1, -0.05) is 0 Å². The van der Waals surface area contributed by atoms with Gasteiger partial charge in [-0.05, 0) is 55.8 Å². The number of anilines is 2. The molecule has 2 amide bonds. The summed E-state index contributed by atoms with van der Waals surface area (Å²) in [6, 6.07) is 13.6. The van der Waals surface area contributed by atoms with Crippen LogP contribution in [0, 0.1) is 0 Å². The number of thioether (sulfide) groups is 1. The highest BCUT2D eigenvalue weighted by atomic mass is 32.2. The number of carbonyl (C=O) groups is 2. The quantitative estimate of drug-likeness (QED) is 0.477. The van der Waals surface area contributed by atoms with Crippen LogP contribution in [0.15, 0.2) is 53.6 Å². The third-order valence-electron chi connectivity index (χ3n) is 6.06. The number of ether oxygens (including phenoxy) is 2. The number of carbonyl (C=O) groups excluding carboxylic acids is 2. The Kier molecular flexibility index (Phi) is 6.19. The molecule has 0 aliphatic carbocycles. The fourth-order valence-electron chi connectivity index (χ4n) is 4.23. The van der Waals surface area contributed by atoms with Crippen molar-refractivity contribution >= 4 is 46.0 Å². The fraction of sp³-hybridized carbons (Fsp3) is 0.320. The van der Waals surface area contributed by atoms with Gasteiger partial charge in [0.05, 0.1) is 30.1 Å². The topological polar surface area (TPSA) is 92.8 Å². The third-order valence-corrected chi connectivity index (χ3v) is 7.24. The molecule has 2 aromatic carbocycles. The molecule has 9 heteroatoms. The Morgan fingerprint density at radius 2 is 2.12 bits per heavy atom. The van der Waals surface area contributed by atoms with Gasteiger partial charge in [-0.15, -0.1) is 11.8 Å². The Morgan fingerprint density at radius 3 is 2.97 bits per heavy atom. The zero-order valence-electron chi connectivity index (χ0n) is 19.0. The number of methoxy groups -OCH3 is 1. The van der Waals surface area contributed by atoms with Gasteiger partial charge in [-0.3, -0.25) is 9.78 Å². The number of fused-ring (bicyclic) bond motifs is 2. The summed E-state index contributed by atoms with van der Waals surface area (Å²) in [5.41, 5.74) is 3.55. The molecule has 1 saturated heterocycles. The summed E-state index contributed by atoms with van der Waals surface area (Å²) in [7, 11) is 1.63. The van der Waals surface area contributed by atoms with E-state index in [9.17, 15) is 9.59 Å². The number of aromatic nitrogens is 1. The average molecular weight is 479 g/mol. The van der Waals surface area contributed by atoms with E-state index < -0.39 is 0 Å². The number of pyridine rings is 1. The van der Waals surface area contributed by atoms with Crippen molar-refractivity contribution in [2.24, 2.45) is 0 Å². The number of hydrogen-bond donors (Lipinski definition) is 2. The second-order valence-electron chi connectivity index (χ2n) is 8.34. The molecule has 0 spiro atoms. The standard InChI is InChI=1S/C25H26N4O4S/c1-15-24(30)28-21-12-16(4-7-23(21)34-15)26-9-3-11-29-14-22(33-25(29)31)18-8-10-27-20-6-5-17(32-2)13-19(18)20/h4-8,10,12-13,15,22,26H,3,9,11,14H2,1-2H3,(H,28,30)/t15?,22-/m0/s1. The van der Waals surface area contributed by atoms with E-state index >= 15 is 0 Å². The second-order valence-corrected chi connectivity index (χ2v) is 9.72. The van der Waals surface area contributed by atoms with E-state index in [1.807, 2.05) is 49.4 Å². The molecule has 0 bridgehead atoms. The van der Waals surface area contributed by atoms with Crippen LogP contribution in [0.25, 0.3) is 10.9 Å². The predicted molar refractivity (Wildman–Crippen MR) is 133 cm³/mol. The molecule has 8 nitrogen and oxygen atoms in total. The lowest BCUT2D eigenvalue weighted by atomic mass is 10.0. The summed E-state index contributed by atoms with van der Waals surface area (Å²) < 4.78 is 11.0. The lowest BCUT2D eigenvalue weighted by molar-refractivity contribution is -0.115. The maximum absolute atomic E-state index is 12.5. The minimum absolute atomic E-state index is 0.0252. The van der Waals surface area contributed by atoms with E-state index in [-0.39, 0.29) is 23.4 Å². The minimum Gasteiger partial charge on any atom is -0.497 e. The van der Waals surface area contributed by atoms with Gasteiger partial charge in [0.25, 0.3) is 0 Å². The van der Waals surface area contributed by atoms with Gasteiger partial charge in [0.1, 0.15) is 11.9 Å². The highest BCUT2D eigenvalue weighted by Gasteiger charge is 2.33. The molecular formula is C25H26N4O4S. The molecule has 5 rings (SSSR count). The van der Waals surface area contributed by atoms with Gasteiger partial charge in [0.15, 0.2) is 0 Å². The van der Waals surface area contributed by atoms with E-state index in [4.69, 9.17) is 9.47 Å². The van der Waals surface area contributed by atoms with Crippen molar-refractivity contribution in [1.82, 2.24) is 9.88 Å². The SMILES string of the molecule is COc1ccc2nccc([C@@H]3CN(CCCNc4ccc5c(c4)NC(=O)C(C)S5)C(=O)O3)c2c1. The van der Waals surface area contributed by atoms with Crippen LogP contribution in [0.1, 0.15) is 25.0 Å². The van der Waals surface area contributed by atoms with E-state index in [2.05, 4.69) is 15.6 Å². The molecule has 176 valence electrons. The van der Waals surface area contributed by atoms with Gasteiger partial charge in [0, 0.05) is 40.8 Å². The smallest absolute Gasteiger partial charge is 0.410 e. The van der Waals surface area contributed by atoms with Crippen molar-refractivity contribution in [2.75, 3.05) is 37.4 Å². The third kappa shape index (κ3) is 4.48. The normalized spacial score (nSPS) is 19.5. The van der Waals surface area contributed by atoms with Crippen molar-refractivity contribution in [3.8, 4) is 5.75 Å². The van der Waals surface area contributed by atoms with E-state index in [1.54, 1.807) is 30.0 Å². The van der Waals surface area contributed by atoms with Crippen LogP contribution in [0.2, 0.25) is 0 Å². The van der Waals surface area contributed by atoms with Crippen LogP contribution >= 0.6 is 11.8 Å². The number of hydrogen-bond acceptors (Lipinski definition) is 7. The summed E-state index contributed by atoms with van der Waals surface area (Å²) in [4.78, 5) is 31.7. The number of cyclic esters (lactones) is 1. The largest absolute Gasteiger partial charge is 0.497 e. The van der Waals surface area contributed by atoms with Crippen LogP contribution in [0.5, 0.6) is 5.75 Å². The molecule has 34 heavy (non-hydrogen) atoms. The predicted octanol–water partition coefficient (Wildman–Crippen LogP) is 4.67. The second kappa shape index (κ2) is 9.42. The highest BCUT2D eigenvalue weighted by Crippen LogP contribution is 2.37. The first kappa shape index (κ1) is 22.3. The lowest BCUT2D eigenvalue weighted by Gasteiger charge is -2.22. The first-order chi connectivity index (χ1) is 16.5. The molecule has 3 heterocycles. The van der Waals surface area contributed by atoms with Gasteiger partial charge in [0.2, 0.25) is 5.91 Å². The zero-order valence-corrected chi connectivity index (χ0v) is 19.9. The van der Waals surface area contributed by atoms with Crippen LogP contribution in [0.3, 0.4) is 0 Å². The molecule has 2 aliphatic heterocycles. The number of benzene rings is 2. The Labute approximate surface area is 202 Å². The molecular weight excluding hydrogens is 452 g/mol. The summed E-state index contributed by atoms with van der Waals surface area (Å²) in [6.45, 7) is 3.68. The number of rotatable bonds is 7. The molecule has 0 radical (unpaired) electrons. The van der Waals surface area contributed by atoms with Crippen molar-refractivity contribution in [3.63, 3.8) is 0 Å². The summed E-state index contributed by atoms with van der Waals surface area (Å²) in [5.74, 6) is 0.765. The van der Waals surface area contributed by atoms with Gasteiger partial charge in [-0.25, -0.2) is 4.79 Å². The Bertz CT molecular complexity index is 1250. The Balaban J connectivity index is 1.17. The van der Waals surface area contributed by atoms with Crippen LogP contribution < -0.4 is 15.4 Å². The monoisotopic (exact) mass is 478 g/mol. The molecule has 2 atom stereocenters. The molecule has 1 unspecified atom stereocenters. The van der Waals surface area contributed by atoms with Crippen LogP contribution in [0.4, 0.5) is 16.2 Å². The number of nitrogens with one attached hydrogen (secondary N) is 2. The highest BCUT2D eigenvalue weighted by molar-refractivity contribution is 8.00. The molecule has 2 N–H and O–H groups in total. The van der Waals surface area contributed by atoms with Crippen molar-refractivity contribution in [3.05, 3.63) is 54.2 Å². The zero-order chi connectivity index (χ0) is 23.7. The van der Waals surface area contributed by atoms with Crippen molar-refractivity contribution < 1.29 is 19.1 Å². The first-order valence-corrected chi connectivity index (χ1v) is 12.1. The summed E-state index contributed by atoms with van der Waals surface area (Å²) in [6.07, 6.45) is 1.86. The van der Waals surface area contributed by atoms with E-state index in [0.29, 0.717) is 19.6 Å². The first-order valence-electron chi connectivity index (χ1n) is 11.3.